The van der Waals surface area contributed by atoms with Gasteiger partial charge in [0.2, 0.25) is 0 Å². The van der Waals surface area contributed by atoms with Crippen molar-refractivity contribution in [1.29, 1.82) is 0 Å². The number of carbonyl (C=O) groups excluding carboxylic acids is 1. The molecule has 126 valence electrons. The van der Waals surface area contributed by atoms with Crippen molar-refractivity contribution in [2.45, 2.75) is 33.2 Å². The zero-order chi connectivity index (χ0) is 17.3. The van der Waals surface area contributed by atoms with E-state index < -0.39 is 0 Å². The largest absolute Gasteiger partial charge is 0.394 e. The summed E-state index contributed by atoms with van der Waals surface area (Å²) >= 11 is 0. The number of anilines is 1. The molecule has 0 bridgehead atoms. The van der Waals surface area contributed by atoms with Crippen molar-refractivity contribution in [2.24, 2.45) is 0 Å². The molecule has 2 aromatic rings. The Bertz CT molecular complexity index is 747. The molecule has 1 heterocycles. The van der Waals surface area contributed by atoms with Crippen molar-refractivity contribution in [1.82, 2.24) is 4.90 Å². The number of hydrogen-bond acceptors (Lipinski definition) is 2. The Morgan fingerprint density at radius 3 is 2.54 bits per heavy atom. The second kappa shape index (κ2) is 6.65. The number of fused-ring (bicyclic) bond motifs is 1. The summed E-state index contributed by atoms with van der Waals surface area (Å²) in [7, 11) is 0. The van der Waals surface area contributed by atoms with E-state index in [1.165, 1.54) is 11.1 Å². The number of nitrogens with one attached hydrogen (secondary N) is 1. The van der Waals surface area contributed by atoms with Crippen LogP contribution in [0.1, 0.15) is 33.9 Å². The van der Waals surface area contributed by atoms with E-state index in [0.717, 1.165) is 28.8 Å². The first-order valence-corrected chi connectivity index (χ1v) is 8.35. The van der Waals surface area contributed by atoms with Gasteiger partial charge < -0.3 is 15.3 Å². The van der Waals surface area contributed by atoms with Crippen LogP contribution < -0.4 is 5.32 Å². The minimum atomic E-state index is -0.291. The van der Waals surface area contributed by atoms with Gasteiger partial charge in [-0.3, -0.25) is 0 Å². The smallest absolute Gasteiger partial charge is 0.322 e. The van der Waals surface area contributed by atoms with Gasteiger partial charge >= 0.3 is 6.03 Å². The van der Waals surface area contributed by atoms with E-state index in [1.807, 2.05) is 32.0 Å². The van der Waals surface area contributed by atoms with Crippen LogP contribution in [0.25, 0.3) is 0 Å². The second-order valence-corrected chi connectivity index (χ2v) is 6.54. The molecule has 0 saturated heterocycles. The molecule has 2 N–H and O–H groups in total. The maximum absolute atomic E-state index is 12.8. The van der Waals surface area contributed by atoms with Crippen LogP contribution in [0.4, 0.5) is 10.5 Å². The zero-order valence-corrected chi connectivity index (χ0v) is 14.5. The minimum absolute atomic E-state index is 0.0731. The third kappa shape index (κ3) is 3.02. The number of urea groups is 1. The topological polar surface area (TPSA) is 52.6 Å². The molecule has 1 aliphatic heterocycles. The highest BCUT2D eigenvalue weighted by Gasteiger charge is 2.30. The molecule has 3 rings (SSSR count). The van der Waals surface area contributed by atoms with Crippen molar-refractivity contribution in [3.05, 3.63) is 64.2 Å². The lowest BCUT2D eigenvalue weighted by atomic mass is 9.93. The van der Waals surface area contributed by atoms with Gasteiger partial charge in [-0.1, -0.05) is 42.0 Å². The Kier molecular flexibility index (Phi) is 4.58. The van der Waals surface area contributed by atoms with Crippen molar-refractivity contribution in [3.63, 3.8) is 0 Å². The maximum Gasteiger partial charge on any atom is 0.322 e. The van der Waals surface area contributed by atoms with Crippen LogP contribution in [0, 0.1) is 20.8 Å². The first-order chi connectivity index (χ1) is 11.5. The van der Waals surface area contributed by atoms with E-state index in [2.05, 4.69) is 30.4 Å². The predicted octanol–water partition coefficient (Wildman–Crippen LogP) is 3.74. The average Bonchev–Trinajstić information content (AvgIpc) is 2.56. The summed E-state index contributed by atoms with van der Waals surface area (Å²) in [4.78, 5) is 14.6. The predicted molar refractivity (Wildman–Crippen MR) is 96.4 cm³/mol. The van der Waals surface area contributed by atoms with Crippen molar-refractivity contribution < 1.29 is 9.90 Å². The van der Waals surface area contributed by atoms with Crippen LogP contribution in [-0.2, 0) is 6.42 Å². The molecule has 0 aromatic heterocycles. The maximum atomic E-state index is 12.8. The molecule has 24 heavy (non-hydrogen) atoms. The number of amides is 2. The van der Waals surface area contributed by atoms with Crippen molar-refractivity contribution in [3.8, 4) is 0 Å². The van der Waals surface area contributed by atoms with Gasteiger partial charge in [0.1, 0.15) is 0 Å². The van der Waals surface area contributed by atoms with Gasteiger partial charge in [-0.05, 0) is 49.4 Å². The number of aryl methyl sites for hydroxylation is 3. The Morgan fingerprint density at radius 2 is 1.88 bits per heavy atom. The minimum Gasteiger partial charge on any atom is -0.394 e. The molecule has 0 saturated carbocycles. The number of aliphatic hydroxyl groups is 1. The Labute approximate surface area is 143 Å². The van der Waals surface area contributed by atoms with Crippen LogP contribution in [0.2, 0.25) is 0 Å². The lowest BCUT2D eigenvalue weighted by Gasteiger charge is -2.36. The van der Waals surface area contributed by atoms with Gasteiger partial charge in [-0.15, -0.1) is 0 Å². The highest BCUT2D eigenvalue weighted by atomic mass is 16.3. The Balaban J connectivity index is 1.86. The fourth-order valence-corrected chi connectivity index (χ4v) is 3.65. The molecular weight excluding hydrogens is 300 g/mol. The third-order valence-electron chi connectivity index (χ3n) is 4.76. The van der Waals surface area contributed by atoms with Gasteiger partial charge in [0, 0.05) is 12.2 Å². The lowest BCUT2D eigenvalue weighted by molar-refractivity contribution is 0.135. The fourth-order valence-electron chi connectivity index (χ4n) is 3.65. The molecule has 0 fully saturated rings. The van der Waals surface area contributed by atoms with Gasteiger partial charge in [0.15, 0.2) is 0 Å². The third-order valence-corrected chi connectivity index (χ3v) is 4.76. The molecule has 1 unspecified atom stereocenters. The van der Waals surface area contributed by atoms with Crippen LogP contribution in [-0.4, -0.2) is 29.2 Å². The second-order valence-electron chi connectivity index (χ2n) is 6.54. The summed E-state index contributed by atoms with van der Waals surface area (Å²) in [6.45, 7) is 6.60. The van der Waals surface area contributed by atoms with Gasteiger partial charge in [-0.2, -0.15) is 0 Å². The van der Waals surface area contributed by atoms with E-state index in [0.29, 0.717) is 6.54 Å². The summed E-state index contributed by atoms with van der Waals surface area (Å²) in [6, 6.07) is 11.7. The molecule has 4 nitrogen and oxygen atoms in total. The van der Waals surface area contributed by atoms with Gasteiger partial charge in [0.05, 0.1) is 12.6 Å². The van der Waals surface area contributed by atoms with E-state index >= 15 is 0 Å². The quantitative estimate of drug-likeness (QED) is 0.884. The number of nitrogens with zero attached hydrogens (tertiary/aromatic N) is 1. The summed E-state index contributed by atoms with van der Waals surface area (Å²) < 4.78 is 0. The standard InChI is InChI=1S/C20H24N2O2/c1-13-10-14(2)19(15(3)11-13)21-20(24)22-9-8-16-6-4-5-7-17(16)18(22)12-23/h4-7,10-11,18,23H,8-9,12H2,1-3H3,(H,21,24). The zero-order valence-electron chi connectivity index (χ0n) is 14.5. The van der Waals surface area contributed by atoms with E-state index in [9.17, 15) is 9.90 Å². The summed E-state index contributed by atoms with van der Waals surface area (Å²) in [6.07, 6.45) is 0.811. The number of hydrogen-bond donors (Lipinski definition) is 2. The summed E-state index contributed by atoms with van der Waals surface area (Å²) in [5.74, 6) is 0. The van der Waals surface area contributed by atoms with Crippen LogP contribution in [0.15, 0.2) is 36.4 Å². The Hall–Kier alpha value is -2.33. The van der Waals surface area contributed by atoms with Crippen molar-refractivity contribution in [2.75, 3.05) is 18.5 Å². The summed E-state index contributed by atoms with van der Waals surface area (Å²) in [5, 5.41) is 12.9. The molecule has 0 aliphatic carbocycles. The Morgan fingerprint density at radius 1 is 1.21 bits per heavy atom. The van der Waals surface area contributed by atoms with Crippen LogP contribution in [0.3, 0.4) is 0 Å². The highest BCUT2D eigenvalue weighted by molar-refractivity contribution is 5.91. The molecule has 4 heteroatoms. The molecule has 0 spiro atoms. The van der Waals surface area contributed by atoms with Gasteiger partial charge in [0.25, 0.3) is 0 Å². The lowest BCUT2D eigenvalue weighted by Crippen LogP contribution is -2.44. The van der Waals surface area contributed by atoms with Gasteiger partial charge in [-0.25, -0.2) is 4.79 Å². The molecule has 0 radical (unpaired) electrons. The first-order valence-electron chi connectivity index (χ1n) is 8.35. The van der Waals surface area contributed by atoms with Crippen LogP contribution in [0.5, 0.6) is 0 Å². The monoisotopic (exact) mass is 324 g/mol. The molecule has 1 aliphatic rings. The summed E-state index contributed by atoms with van der Waals surface area (Å²) in [5.41, 5.74) is 6.41. The molecule has 1 atom stereocenters. The molecule has 2 amide bonds. The first kappa shape index (κ1) is 16.5. The number of rotatable bonds is 2. The molecule has 2 aromatic carbocycles. The fraction of sp³-hybridized carbons (Fsp3) is 0.350. The number of benzene rings is 2. The number of aliphatic hydroxyl groups excluding tert-OH is 1. The molecular formula is C20H24N2O2. The highest BCUT2D eigenvalue weighted by Crippen LogP contribution is 2.30. The number of carbonyl (C=O) groups is 1. The van der Waals surface area contributed by atoms with E-state index in [4.69, 9.17) is 0 Å². The normalized spacial score (nSPS) is 16.7. The van der Waals surface area contributed by atoms with Crippen molar-refractivity contribution >= 4 is 11.7 Å². The average molecular weight is 324 g/mol. The SMILES string of the molecule is Cc1cc(C)c(NC(=O)N2CCc3ccccc3C2CO)c(C)c1. The van der Waals surface area contributed by atoms with E-state index in [1.54, 1.807) is 4.90 Å². The van der Waals surface area contributed by atoms with Crippen LogP contribution >= 0.6 is 0 Å². The van der Waals surface area contributed by atoms with E-state index in [-0.39, 0.29) is 18.7 Å².